The van der Waals surface area contributed by atoms with E-state index in [0.717, 1.165) is 6.26 Å². The van der Waals surface area contributed by atoms with Crippen molar-refractivity contribution in [1.82, 2.24) is 0 Å². The summed E-state index contributed by atoms with van der Waals surface area (Å²) in [5, 5.41) is 8.19. The van der Waals surface area contributed by atoms with Crippen LogP contribution in [0.2, 0.25) is 0 Å². The standard InChI is InChI=1S/C5H5BrO2/c6-5(4-8)2-1-3-7/h1-4,8H/b2-1+,5-4+. The molecule has 0 aliphatic rings. The summed E-state index contributed by atoms with van der Waals surface area (Å²) >= 11 is 2.94. The lowest BCUT2D eigenvalue weighted by Crippen LogP contribution is -1.62. The third-order valence-corrected chi connectivity index (χ3v) is 0.926. The molecule has 0 aliphatic heterocycles. The molecule has 0 aliphatic carbocycles. The van der Waals surface area contributed by atoms with Gasteiger partial charge in [-0.05, 0) is 28.1 Å². The number of rotatable bonds is 2. The van der Waals surface area contributed by atoms with E-state index in [1.165, 1.54) is 12.2 Å². The van der Waals surface area contributed by atoms with Gasteiger partial charge in [0.1, 0.15) is 6.29 Å². The number of halogens is 1. The van der Waals surface area contributed by atoms with Gasteiger partial charge in [0.2, 0.25) is 0 Å². The van der Waals surface area contributed by atoms with Crippen LogP contribution in [-0.2, 0) is 4.79 Å². The first-order valence-corrected chi connectivity index (χ1v) is 2.72. The van der Waals surface area contributed by atoms with Crippen molar-refractivity contribution < 1.29 is 9.90 Å². The summed E-state index contributed by atoms with van der Waals surface area (Å²) in [5.41, 5.74) is 0. The minimum absolute atomic E-state index is 0.476. The lowest BCUT2D eigenvalue weighted by Gasteiger charge is -1.77. The summed E-state index contributed by atoms with van der Waals surface area (Å²) in [4.78, 5) is 9.61. The molecular weight excluding hydrogens is 172 g/mol. The van der Waals surface area contributed by atoms with E-state index >= 15 is 0 Å². The first-order valence-electron chi connectivity index (χ1n) is 1.93. The van der Waals surface area contributed by atoms with E-state index in [2.05, 4.69) is 15.9 Å². The van der Waals surface area contributed by atoms with Crippen LogP contribution in [0.1, 0.15) is 0 Å². The van der Waals surface area contributed by atoms with Crippen molar-refractivity contribution in [3.63, 3.8) is 0 Å². The molecule has 0 bridgehead atoms. The number of aliphatic hydroxyl groups excluding tert-OH is 1. The molecule has 0 atom stereocenters. The second-order valence-corrected chi connectivity index (χ2v) is 1.92. The molecule has 0 aromatic rings. The van der Waals surface area contributed by atoms with Crippen molar-refractivity contribution in [3.8, 4) is 0 Å². The molecule has 0 saturated carbocycles. The van der Waals surface area contributed by atoms with Gasteiger partial charge in [0.05, 0.1) is 10.7 Å². The Hall–Kier alpha value is -0.570. The highest BCUT2D eigenvalue weighted by atomic mass is 79.9. The van der Waals surface area contributed by atoms with Gasteiger partial charge in [0, 0.05) is 0 Å². The van der Waals surface area contributed by atoms with E-state index < -0.39 is 0 Å². The van der Waals surface area contributed by atoms with Gasteiger partial charge in [0.25, 0.3) is 0 Å². The van der Waals surface area contributed by atoms with Crippen molar-refractivity contribution in [3.05, 3.63) is 22.9 Å². The van der Waals surface area contributed by atoms with Gasteiger partial charge in [-0.3, -0.25) is 4.79 Å². The Bertz CT molecular complexity index is 126. The van der Waals surface area contributed by atoms with Crippen molar-refractivity contribution in [2.24, 2.45) is 0 Å². The summed E-state index contributed by atoms with van der Waals surface area (Å²) in [7, 11) is 0. The molecule has 2 nitrogen and oxygen atoms in total. The summed E-state index contributed by atoms with van der Waals surface area (Å²) in [5.74, 6) is 0. The zero-order valence-electron chi connectivity index (χ0n) is 4.04. The molecule has 0 saturated heterocycles. The van der Waals surface area contributed by atoms with Crippen LogP contribution in [0.5, 0.6) is 0 Å². The van der Waals surface area contributed by atoms with Crippen LogP contribution in [-0.4, -0.2) is 11.4 Å². The predicted octanol–water partition coefficient (Wildman–Crippen LogP) is 1.54. The van der Waals surface area contributed by atoms with E-state index in [0.29, 0.717) is 10.8 Å². The second-order valence-electron chi connectivity index (χ2n) is 1.01. The van der Waals surface area contributed by atoms with Crippen LogP contribution in [0.25, 0.3) is 0 Å². The molecule has 0 unspecified atom stereocenters. The number of carbonyl (C=O) groups is 1. The van der Waals surface area contributed by atoms with Crippen molar-refractivity contribution in [1.29, 1.82) is 0 Å². The number of aliphatic hydroxyl groups is 1. The molecule has 0 heterocycles. The Morgan fingerprint density at radius 1 is 1.62 bits per heavy atom. The minimum Gasteiger partial charge on any atom is -0.514 e. The summed E-state index contributed by atoms with van der Waals surface area (Å²) in [6, 6.07) is 0. The average molecular weight is 177 g/mol. The quantitative estimate of drug-likeness (QED) is 0.300. The Morgan fingerprint density at radius 3 is 2.62 bits per heavy atom. The molecule has 8 heavy (non-hydrogen) atoms. The van der Waals surface area contributed by atoms with E-state index in [4.69, 9.17) is 5.11 Å². The largest absolute Gasteiger partial charge is 0.514 e. The molecule has 0 aromatic heterocycles. The minimum atomic E-state index is 0.476. The molecule has 0 aromatic carbocycles. The molecule has 3 heteroatoms. The van der Waals surface area contributed by atoms with E-state index in [-0.39, 0.29) is 0 Å². The zero-order chi connectivity index (χ0) is 6.41. The van der Waals surface area contributed by atoms with Gasteiger partial charge in [-0.1, -0.05) is 0 Å². The summed E-state index contributed by atoms with van der Waals surface area (Å²) in [6.07, 6.45) is 4.20. The highest BCUT2D eigenvalue weighted by Crippen LogP contribution is 2.02. The van der Waals surface area contributed by atoms with Crippen molar-refractivity contribution in [2.75, 3.05) is 0 Å². The van der Waals surface area contributed by atoms with Crippen LogP contribution in [0.3, 0.4) is 0 Å². The summed E-state index contributed by atoms with van der Waals surface area (Å²) in [6.45, 7) is 0. The van der Waals surface area contributed by atoms with Crippen molar-refractivity contribution >= 4 is 22.2 Å². The predicted molar refractivity (Wildman–Crippen MR) is 34.8 cm³/mol. The fraction of sp³-hybridized carbons (Fsp3) is 0. The van der Waals surface area contributed by atoms with Crippen LogP contribution in [0.4, 0.5) is 0 Å². The topological polar surface area (TPSA) is 37.3 Å². The number of aldehydes is 1. The van der Waals surface area contributed by atoms with E-state index in [9.17, 15) is 4.79 Å². The maximum Gasteiger partial charge on any atom is 0.142 e. The monoisotopic (exact) mass is 176 g/mol. The van der Waals surface area contributed by atoms with Crippen LogP contribution in [0.15, 0.2) is 22.9 Å². The Kier molecular flexibility index (Phi) is 4.26. The van der Waals surface area contributed by atoms with E-state index in [1.807, 2.05) is 0 Å². The van der Waals surface area contributed by atoms with Gasteiger partial charge >= 0.3 is 0 Å². The highest BCUT2D eigenvalue weighted by molar-refractivity contribution is 9.11. The average Bonchev–Trinajstić information content (AvgIpc) is 1.83. The van der Waals surface area contributed by atoms with Crippen LogP contribution < -0.4 is 0 Å². The van der Waals surface area contributed by atoms with Gasteiger partial charge in [-0.2, -0.15) is 0 Å². The lowest BCUT2D eigenvalue weighted by atomic mass is 10.5. The van der Waals surface area contributed by atoms with Gasteiger partial charge in [-0.25, -0.2) is 0 Å². The number of hydrogen-bond donors (Lipinski definition) is 1. The van der Waals surface area contributed by atoms with Crippen LogP contribution >= 0.6 is 15.9 Å². The molecule has 1 N–H and O–H groups in total. The zero-order valence-corrected chi connectivity index (χ0v) is 5.63. The van der Waals surface area contributed by atoms with Crippen LogP contribution in [0, 0.1) is 0 Å². The third kappa shape index (κ3) is 3.61. The normalized spacial score (nSPS) is 12.4. The highest BCUT2D eigenvalue weighted by Gasteiger charge is 1.77. The fourth-order valence-corrected chi connectivity index (χ4v) is 0.327. The molecule has 0 fully saturated rings. The molecular formula is C5H5BrO2. The molecule has 44 valence electrons. The maximum atomic E-state index is 9.61. The SMILES string of the molecule is O=C/C=C/C(Br)=C\O. The van der Waals surface area contributed by atoms with Gasteiger partial charge < -0.3 is 5.11 Å². The Labute approximate surface area is 55.6 Å². The first-order chi connectivity index (χ1) is 3.81. The Morgan fingerprint density at radius 2 is 2.25 bits per heavy atom. The summed E-state index contributed by atoms with van der Waals surface area (Å²) < 4.78 is 0.476. The first kappa shape index (κ1) is 7.43. The number of hydrogen-bond acceptors (Lipinski definition) is 2. The third-order valence-electron chi connectivity index (χ3n) is 0.457. The molecule has 0 rings (SSSR count). The molecule has 0 radical (unpaired) electrons. The van der Waals surface area contributed by atoms with Crippen molar-refractivity contribution in [2.45, 2.75) is 0 Å². The second kappa shape index (κ2) is 4.59. The number of carbonyl (C=O) groups excluding carboxylic acids is 1. The van der Waals surface area contributed by atoms with Gasteiger partial charge in [0.15, 0.2) is 0 Å². The Balaban J connectivity index is 3.69. The lowest BCUT2D eigenvalue weighted by molar-refractivity contribution is -0.104. The molecule has 0 spiro atoms. The smallest absolute Gasteiger partial charge is 0.142 e. The maximum absolute atomic E-state index is 9.61. The molecule has 0 amide bonds. The fourth-order valence-electron chi connectivity index (χ4n) is 0.174. The van der Waals surface area contributed by atoms with Gasteiger partial charge in [-0.15, -0.1) is 0 Å². The van der Waals surface area contributed by atoms with E-state index in [1.54, 1.807) is 0 Å². The number of allylic oxidation sites excluding steroid dienone is 3.